The fraction of sp³-hybridized carbons (Fsp3) is 0. The molecule has 0 aliphatic carbocycles. The summed E-state index contributed by atoms with van der Waals surface area (Å²) in [6, 6.07) is 8.02. The van der Waals surface area contributed by atoms with Gasteiger partial charge in [-0.2, -0.15) is 0 Å². The fourth-order valence-electron chi connectivity index (χ4n) is 0.875. The van der Waals surface area contributed by atoms with Crippen LogP contribution in [0.3, 0.4) is 0 Å². The van der Waals surface area contributed by atoms with Crippen LogP contribution in [-0.2, 0) is 0 Å². The van der Waals surface area contributed by atoms with Crippen molar-refractivity contribution in [3.05, 3.63) is 41.4 Å². The molecule has 14 heavy (non-hydrogen) atoms. The van der Waals surface area contributed by atoms with Crippen molar-refractivity contribution in [1.29, 1.82) is 0 Å². The summed E-state index contributed by atoms with van der Waals surface area (Å²) in [5.41, 5.74) is 3.87. The van der Waals surface area contributed by atoms with Gasteiger partial charge in [0.1, 0.15) is 6.20 Å². The first-order valence-corrected chi connectivity index (χ1v) is 5.47. The molecule has 0 spiro atoms. The maximum Gasteiger partial charge on any atom is 0.153 e. The van der Waals surface area contributed by atoms with Crippen molar-refractivity contribution in [3.8, 4) is 0 Å². The summed E-state index contributed by atoms with van der Waals surface area (Å²) in [7, 11) is 0. The average Bonchev–Trinajstić information content (AvgIpc) is 2.92. The number of hydrogen-bond acceptors (Lipinski definition) is 5. The zero-order chi connectivity index (χ0) is 9.64. The van der Waals surface area contributed by atoms with Gasteiger partial charge in [0.15, 0.2) is 5.51 Å². The molecular weight excluding hydrogens is 214 g/mol. The molecule has 1 aromatic carbocycles. The summed E-state index contributed by atoms with van der Waals surface area (Å²) in [5.74, 6) is 0. The number of fused-ring (bicyclic) bond motifs is 1. The third kappa shape index (κ3) is 2.34. The molecule has 0 saturated heterocycles. The van der Waals surface area contributed by atoms with Crippen molar-refractivity contribution >= 4 is 33.1 Å². The SMILES string of the molecule is [c]1csnn1.[c]1nc2ccccc2s1. The summed E-state index contributed by atoms with van der Waals surface area (Å²) in [6.07, 6.45) is 2.52. The first-order valence-electron chi connectivity index (χ1n) is 3.81. The lowest BCUT2D eigenvalue weighted by Gasteiger charge is -1.80. The van der Waals surface area contributed by atoms with E-state index in [-0.39, 0.29) is 0 Å². The molecule has 0 atom stereocenters. The second-order valence-electron chi connectivity index (χ2n) is 2.31. The Morgan fingerprint density at radius 3 is 2.79 bits per heavy atom. The summed E-state index contributed by atoms with van der Waals surface area (Å²) >= 11 is 2.85. The molecule has 0 fully saturated rings. The molecule has 0 unspecified atom stereocenters. The molecule has 0 bridgehead atoms. The van der Waals surface area contributed by atoms with Gasteiger partial charge in [0.2, 0.25) is 0 Å². The van der Waals surface area contributed by atoms with Crippen LogP contribution in [0.25, 0.3) is 10.2 Å². The minimum atomic E-state index is 1.04. The molecule has 68 valence electrons. The van der Waals surface area contributed by atoms with Crippen LogP contribution in [0.5, 0.6) is 0 Å². The third-order valence-electron chi connectivity index (χ3n) is 1.44. The van der Waals surface area contributed by atoms with Gasteiger partial charge in [-0.05, 0) is 23.7 Å². The molecule has 0 aliphatic rings. The Morgan fingerprint density at radius 2 is 2.14 bits per heavy atom. The molecule has 2 radical (unpaired) electrons. The van der Waals surface area contributed by atoms with Gasteiger partial charge in [-0.15, -0.1) is 16.4 Å². The Bertz CT molecular complexity index is 428. The number of hydrogen-bond donors (Lipinski definition) is 0. The Balaban J connectivity index is 0.000000128. The molecule has 5 heteroatoms. The highest BCUT2D eigenvalue weighted by Crippen LogP contribution is 2.14. The maximum absolute atomic E-state index is 4.01. The number of aromatic nitrogens is 3. The van der Waals surface area contributed by atoms with Crippen LogP contribution in [0.1, 0.15) is 0 Å². The lowest BCUT2D eigenvalue weighted by Crippen LogP contribution is -1.61. The Kier molecular flexibility index (Phi) is 3.15. The highest BCUT2D eigenvalue weighted by atomic mass is 32.1. The van der Waals surface area contributed by atoms with Gasteiger partial charge in [0, 0.05) is 5.38 Å². The van der Waals surface area contributed by atoms with E-state index in [1.54, 1.807) is 16.7 Å². The molecule has 3 nitrogen and oxygen atoms in total. The molecular formula is C9H5N3S2. The van der Waals surface area contributed by atoms with Crippen LogP contribution in [0.2, 0.25) is 0 Å². The van der Waals surface area contributed by atoms with Gasteiger partial charge in [0.05, 0.1) is 10.2 Å². The Hall–Kier alpha value is -1.33. The maximum atomic E-state index is 4.01. The van der Waals surface area contributed by atoms with Crippen LogP contribution >= 0.6 is 22.9 Å². The highest BCUT2D eigenvalue weighted by molar-refractivity contribution is 7.16. The van der Waals surface area contributed by atoms with E-state index in [0.29, 0.717) is 0 Å². The molecule has 0 saturated carbocycles. The van der Waals surface area contributed by atoms with Gasteiger partial charge in [0.25, 0.3) is 0 Å². The minimum absolute atomic E-state index is 1.04. The van der Waals surface area contributed by atoms with Gasteiger partial charge in [-0.1, -0.05) is 16.6 Å². The van der Waals surface area contributed by atoms with E-state index < -0.39 is 0 Å². The normalized spacial score (nSPS) is 9.43. The predicted octanol–water partition coefficient (Wildman–Crippen LogP) is 2.43. The number of nitrogens with zero attached hydrogens (tertiary/aromatic N) is 3. The van der Waals surface area contributed by atoms with Crippen molar-refractivity contribution in [2.75, 3.05) is 0 Å². The lowest BCUT2D eigenvalue weighted by molar-refractivity contribution is 1.15. The number of para-hydroxylation sites is 1. The third-order valence-corrected chi connectivity index (χ3v) is 2.57. The van der Waals surface area contributed by atoms with Crippen LogP contribution in [0.15, 0.2) is 29.6 Å². The van der Waals surface area contributed by atoms with E-state index >= 15 is 0 Å². The van der Waals surface area contributed by atoms with Crippen molar-refractivity contribution in [2.24, 2.45) is 0 Å². The smallest absolute Gasteiger partial charge is 0.153 e. The molecule has 3 rings (SSSR count). The number of thiazole rings is 1. The van der Waals surface area contributed by atoms with Crippen LogP contribution in [-0.4, -0.2) is 14.6 Å². The van der Waals surface area contributed by atoms with Gasteiger partial charge < -0.3 is 0 Å². The van der Waals surface area contributed by atoms with Crippen molar-refractivity contribution in [2.45, 2.75) is 0 Å². The summed E-state index contributed by atoms with van der Waals surface area (Å²) in [6.45, 7) is 0. The van der Waals surface area contributed by atoms with E-state index in [1.165, 1.54) is 16.2 Å². The van der Waals surface area contributed by atoms with Crippen LogP contribution in [0, 0.1) is 11.7 Å². The van der Waals surface area contributed by atoms with Crippen molar-refractivity contribution in [3.63, 3.8) is 0 Å². The highest BCUT2D eigenvalue weighted by Gasteiger charge is 1.90. The predicted molar refractivity (Wildman–Crippen MR) is 57.2 cm³/mol. The minimum Gasteiger partial charge on any atom is -0.233 e. The standard InChI is InChI=1S/C7H4NS.C2HN2S/c1-2-4-7-6(3-1)8-5-9-7;1-2-5-4-3-1/h1-4H;2H. The van der Waals surface area contributed by atoms with Crippen molar-refractivity contribution in [1.82, 2.24) is 14.6 Å². The average molecular weight is 219 g/mol. The quantitative estimate of drug-likeness (QED) is 0.583. The number of rotatable bonds is 0. The second kappa shape index (κ2) is 4.78. The van der Waals surface area contributed by atoms with E-state index in [9.17, 15) is 0 Å². The topological polar surface area (TPSA) is 38.7 Å². The van der Waals surface area contributed by atoms with Gasteiger partial charge >= 0.3 is 0 Å². The zero-order valence-electron chi connectivity index (χ0n) is 7.04. The van der Waals surface area contributed by atoms with E-state index in [4.69, 9.17) is 0 Å². The second-order valence-corrected chi connectivity index (χ2v) is 3.74. The molecule has 2 aromatic heterocycles. The van der Waals surface area contributed by atoms with Gasteiger partial charge in [-0.3, -0.25) is 0 Å². The summed E-state index contributed by atoms with van der Waals surface area (Å²) in [4.78, 5) is 4.01. The van der Waals surface area contributed by atoms with Crippen molar-refractivity contribution < 1.29 is 0 Å². The van der Waals surface area contributed by atoms with E-state index in [0.717, 1.165) is 5.52 Å². The molecule has 3 aromatic rings. The summed E-state index contributed by atoms with van der Waals surface area (Å²) < 4.78 is 4.66. The zero-order valence-corrected chi connectivity index (χ0v) is 8.68. The van der Waals surface area contributed by atoms with E-state index in [1.807, 2.05) is 24.3 Å². The first-order chi connectivity index (χ1) is 6.97. The Labute approximate surface area is 89.2 Å². The number of benzene rings is 1. The van der Waals surface area contributed by atoms with Crippen LogP contribution in [0.4, 0.5) is 0 Å². The molecule has 0 amide bonds. The lowest BCUT2D eigenvalue weighted by atomic mass is 10.3. The molecule has 0 aliphatic heterocycles. The first kappa shape index (κ1) is 9.23. The molecule has 0 N–H and O–H groups in total. The largest absolute Gasteiger partial charge is 0.233 e. The van der Waals surface area contributed by atoms with Gasteiger partial charge in [-0.25, -0.2) is 4.98 Å². The monoisotopic (exact) mass is 219 g/mol. The fourth-order valence-corrected chi connectivity index (χ4v) is 1.72. The van der Waals surface area contributed by atoms with E-state index in [2.05, 4.69) is 26.3 Å². The Morgan fingerprint density at radius 1 is 1.21 bits per heavy atom. The summed E-state index contributed by atoms with van der Waals surface area (Å²) in [5, 5.41) is 5.06. The van der Waals surface area contributed by atoms with Crippen LogP contribution < -0.4 is 0 Å². The molecule has 2 heterocycles.